The number of nitrogens with two attached hydrogens (primary N) is 1. The Balaban J connectivity index is 2.15. The quantitative estimate of drug-likeness (QED) is 0.457. The Morgan fingerprint density at radius 2 is 1.86 bits per heavy atom. The van der Waals surface area contributed by atoms with Crippen molar-refractivity contribution in [3.63, 3.8) is 0 Å². The summed E-state index contributed by atoms with van der Waals surface area (Å²) in [6.45, 7) is 1.96. The third kappa shape index (κ3) is 2.61. The predicted octanol–water partition coefficient (Wildman–Crippen LogP) is 3.55. The highest BCUT2D eigenvalue weighted by Crippen LogP contribution is 2.21. The van der Waals surface area contributed by atoms with E-state index < -0.39 is 0 Å². The zero-order valence-electron chi connectivity index (χ0n) is 12.1. The van der Waals surface area contributed by atoms with Crippen LogP contribution in [-0.2, 0) is 0 Å². The first-order chi connectivity index (χ1) is 10.7. The van der Waals surface area contributed by atoms with Gasteiger partial charge in [-0.05, 0) is 25.1 Å². The van der Waals surface area contributed by atoms with E-state index in [1.165, 1.54) is 0 Å². The topological polar surface area (TPSA) is 56.2 Å². The summed E-state index contributed by atoms with van der Waals surface area (Å²) >= 11 is 5.96. The number of hydrogen-bond donors (Lipinski definition) is 1. The molecule has 0 saturated carbocycles. The van der Waals surface area contributed by atoms with Crippen molar-refractivity contribution < 1.29 is 0 Å². The lowest BCUT2D eigenvalue weighted by atomic mass is 10.0. The highest BCUT2D eigenvalue weighted by Gasteiger charge is 2.13. The van der Waals surface area contributed by atoms with Crippen LogP contribution in [0.1, 0.15) is 17.0 Å². The minimum atomic E-state index is 0.680. The molecule has 1 heterocycles. The Morgan fingerprint density at radius 1 is 1.14 bits per heavy atom. The van der Waals surface area contributed by atoms with Gasteiger partial charge in [0.15, 0.2) is 0 Å². The van der Waals surface area contributed by atoms with Crippen LogP contribution in [-0.4, -0.2) is 15.3 Å². The molecule has 0 unspecified atom stereocenters. The molecule has 0 spiro atoms. The van der Waals surface area contributed by atoms with Crippen molar-refractivity contribution in [2.75, 3.05) is 0 Å². The number of hydrazone groups is 1. The lowest BCUT2D eigenvalue weighted by Crippen LogP contribution is -2.11. The van der Waals surface area contributed by atoms with E-state index >= 15 is 0 Å². The minimum absolute atomic E-state index is 0.680. The summed E-state index contributed by atoms with van der Waals surface area (Å²) in [4.78, 5) is 4.28. The van der Waals surface area contributed by atoms with Gasteiger partial charge >= 0.3 is 0 Å². The molecule has 0 fully saturated rings. The van der Waals surface area contributed by atoms with Crippen molar-refractivity contribution in [3.8, 4) is 5.69 Å². The number of para-hydroxylation sites is 1. The fourth-order valence-electron chi connectivity index (χ4n) is 2.42. The molecule has 110 valence electrons. The van der Waals surface area contributed by atoms with Crippen LogP contribution in [0.5, 0.6) is 0 Å². The molecular weight excluding hydrogens is 296 g/mol. The lowest BCUT2D eigenvalue weighted by molar-refractivity contribution is 0.971. The summed E-state index contributed by atoms with van der Waals surface area (Å²) in [6.07, 6.45) is 3.69. The molecule has 3 aromatic rings. The first-order valence-corrected chi connectivity index (χ1v) is 7.22. The maximum atomic E-state index is 5.96. The van der Waals surface area contributed by atoms with E-state index in [0.29, 0.717) is 10.7 Å². The van der Waals surface area contributed by atoms with Gasteiger partial charge in [0, 0.05) is 28.5 Å². The van der Waals surface area contributed by atoms with Gasteiger partial charge in [0.1, 0.15) is 5.82 Å². The molecule has 0 bridgehead atoms. The van der Waals surface area contributed by atoms with Crippen LogP contribution in [0.3, 0.4) is 0 Å². The maximum Gasteiger partial charge on any atom is 0.110 e. The smallest absolute Gasteiger partial charge is 0.110 e. The number of hydrogen-bond acceptors (Lipinski definition) is 3. The maximum absolute atomic E-state index is 5.96. The van der Waals surface area contributed by atoms with Crippen molar-refractivity contribution in [2.45, 2.75) is 6.92 Å². The zero-order chi connectivity index (χ0) is 15.5. The van der Waals surface area contributed by atoms with E-state index in [2.05, 4.69) is 10.1 Å². The first kappa shape index (κ1) is 14.4. The summed E-state index contributed by atoms with van der Waals surface area (Å²) in [5, 5.41) is 4.68. The molecule has 22 heavy (non-hydrogen) atoms. The van der Waals surface area contributed by atoms with E-state index in [1.54, 1.807) is 6.20 Å². The second kappa shape index (κ2) is 6.03. The van der Waals surface area contributed by atoms with Crippen molar-refractivity contribution >= 4 is 17.3 Å². The lowest BCUT2D eigenvalue weighted by Gasteiger charge is -2.13. The molecule has 1 aromatic heterocycles. The van der Waals surface area contributed by atoms with Crippen LogP contribution in [0.25, 0.3) is 5.69 Å². The SMILES string of the molecule is Cc1nccn1-c1ccccc1/C(=N\N)c1ccc(Cl)cc1. The molecule has 0 aliphatic heterocycles. The Kier molecular flexibility index (Phi) is 3.94. The Morgan fingerprint density at radius 3 is 2.50 bits per heavy atom. The van der Waals surface area contributed by atoms with Crippen molar-refractivity contribution in [1.29, 1.82) is 0 Å². The number of aromatic nitrogens is 2. The minimum Gasteiger partial charge on any atom is -0.323 e. The summed E-state index contributed by atoms with van der Waals surface area (Å²) in [7, 11) is 0. The van der Waals surface area contributed by atoms with Gasteiger partial charge in [-0.2, -0.15) is 5.10 Å². The Hall–Kier alpha value is -2.59. The van der Waals surface area contributed by atoms with E-state index in [1.807, 2.05) is 66.2 Å². The van der Waals surface area contributed by atoms with Crippen LogP contribution in [0.2, 0.25) is 5.02 Å². The molecule has 4 nitrogen and oxygen atoms in total. The van der Waals surface area contributed by atoms with Crippen molar-refractivity contribution in [1.82, 2.24) is 9.55 Å². The normalized spacial score (nSPS) is 11.6. The van der Waals surface area contributed by atoms with E-state index in [9.17, 15) is 0 Å². The third-order valence-corrected chi connectivity index (χ3v) is 3.74. The Bertz CT molecular complexity index is 819. The standard InChI is InChI=1S/C17H15ClN4/c1-12-20-10-11-22(12)16-5-3-2-4-15(16)17(21-19)13-6-8-14(18)9-7-13/h2-11H,19H2,1H3/b21-17-. The molecule has 5 heteroatoms. The van der Waals surface area contributed by atoms with Crippen molar-refractivity contribution in [3.05, 3.63) is 82.9 Å². The van der Waals surface area contributed by atoms with E-state index in [4.69, 9.17) is 17.4 Å². The highest BCUT2D eigenvalue weighted by molar-refractivity contribution is 6.30. The summed E-state index contributed by atoms with van der Waals surface area (Å²) < 4.78 is 2.01. The highest BCUT2D eigenvalue weighted by atomic mass is 35.5. The number of imidazole rings is 1. The third-order valence-electron chi connectivity index (χ3n) is 3.49. The van der Waals surface area contributed by atoms with Crippen LogP contribution in [0.15, 0.2) is 66.0 Å². The number of nitrogens with zero attached hydrogens (tertiary/aromatic N) is 3. The summed E-state index contributed by atoms with van der Waals surface area (Å²) in [5.41, 5.74) is 3.54. The van der Waals surface area contributed by atoms with Gasteiger partial charge < -0.3 is 10.4 Å². The number of aryl methyl sites for hydroxylation is 1. The van der Waals surface area contributed by atoms with Crippen LogP contribution >= 0.6 is 11.6 Å². The van der Waals surface area contributed by atoms with Crippen LogP contribution in [0, 0.1) is 6.92 Å². The van der Waals surface area contributed by atoms with Gasteiger partial charge in [-0.3, -0.25) is 0 Å². The average molecular weight is 311 g/mol. The molecule has 3 rings (SSSR count). The second-order valence-electron chi connectivity index (χ2n) is 4.85. The molecular formula is C17H15ClN4. The van der Waals surface area contributed by atoms with Gasteiger partial charge in [0.2, 0.25) is 0 Å². The monoisotopic (exact) mass is 310 g/mol. The van der Waals surface area contributed by atoms with Crippen LogP contribution < -0.4 is 5.84 Å². The average Bonchev–Trinajstić information content (AvgIpc) is 2.96. The number of halogens is 1. The molecule has 0 aliphatic rings. The van der Waals surface area contributed by atoms with E-state index in [0.717, 1.165) is 22.6 Å². The Labute approximate surface area is 133 Å². The van der Waals surface area contributed by atoms with Crippen molar-refractivity contribution in [2.24, 2.45) is 10.9 Å². The zero-order valence-corrected chi connectivity index (χ0v) is 12.8. The second-order valence-corrected chi connectivity index (χ2v) is 5.28. The molecule has 0 radical (unpaired) electrons. The first-order valence-electron chi connectivity index (χ1n) is 6.84. The fraction of sp³-hybridized carbons (Fsp3) is 0.0588. The summed E-state index contributed by atoms with van der Waals surface area (Å²) in [6, 6.07) is 15.4. The molecule has 0 atom stereocenters. The molecule has 2 aromatic carbocycles. The molecule has 0 amide bonds. The molecule has 0 aliphatic carbocycles. The largest absolute Gasteiger partial charge is 0.323 e. The number of rotatable bonds is 3. The van der Waals surface area contributed by atoms with Gasteiger partial charge in [-0.15, -0.1) is 0 Å². The van der Waals surface area contributed by atoms with Crippen LogP contribution in [0.4, 0.5) is 0 Å². The fourth-order valence-corrected chi connectivity index (χ4v) is 2.55. The summed E-state index contributed by atoms with van der Waals surface area (Å²) in [5.74, 6) is 6.57. The molecule has 0 saturated heterocycles. The van der Waals surface area contributed by atoms with Gasteiger partial charge in [0.05, 0.1) is 11.4 Å². The van der Waals surface area contributed by atoms with Gasteiger partial charge in [-0.1, -0.05) is 41.9 Å². The number of benzene rings is 2. The van der Waals surface area contributed by atoms with Gasteiger partial charge in [0.25, 0.3) is 0 Å². The molecule has 2 N–H and O–H groups in total. The van der Waals surface area contributed by atoms with E-state index in [-0.39, 0.29) is 0 Å². The predicted molar refractivity (Wildman–Crippen MR) is 89.6 cm³/mol. The van der Waals surface area contributed by atoms with Gasteiger partial charge in [-0.25, -0.2) is 4.98 Å².